The lowest BCUT2D eigenvalue weighted by Gasteiger charge is -2.23. The van der Waals surface area contributed by atoms with Crippen molar-refractivity contribution in [2.24, 2.45) is 0 Å². The van der Waals surface area contributed by atoms with E-state index in [2.05, 4.69) is 46.4 Å². The highest BCUT2D eigenvalue weighted by atomic mass is 16.2. The lowest BCUT2D eigenvalue weighted by molar-refractivity contribution is -0.131. The number of rotatable bonds is 9. The summed E-state index contributed by atoms with van der Waals surface area (Å²) in [5, 5.41) is 1.10. The summed E-state index contributed by atoms with van der Waals surface area (Å²) in [7, 11) is 0. The van der Waals surface area contributed by atoms with Gasteiger partial charge in [-0.3, -0.25) is 14.8 Å². The Balaban J connectivity index is 1.44. The molecule has 1 amide bonds. The summed E-state index contributed by atoms with van der Waals surface area (Å²) in [6.07, 6.45) is 8.57. The number of pyridine rings is 2. The fraction of sp³-hybridized carbons (Fsp3) is 0.222. The summed E-state index contributed by atoms with van der Waals surface area (Å²) >= 11 is 0. The van der Waals surface area contributed by atoms with Gasteiger partial charge in [0.1, 0.15) is 0 Å². The number of hydrogen-bond acceptors (Lipinski definition) is 3. The van der Waals surface area contributed by atoms with Gasteiger partial charge in [0.05, 0.1) is 5.52 Å². The van der Waals surface area contributed by atoms with Crippen molar-refractivity contribution < 1.29 is 4.79 Å². The van der Waals surface area contributed by atoms with Crippen LogP contribution in [0.4, 0.5) is 0 Å². The monoisotopic (exact) mass is 409 g/mol. The average Bonchev–Trinajstić information content (AvgIpc) is 2.83. The molecule has 0 fully saturated rings. The number of aryl methyl sites for hydroxylation is 2. The molecule has 31 heavy (non-hydrogen) atoms. The molecule has 2 heterocycles. The summed E-state index contributed by atoms with van der Waals surface area (Å²) in [6, 6.07) is 24.6. The molecule has 156 valence electrons. The Morgan fingerprint density at radius 1 is 0.806 bits per heavy atom. The van der Waals surface area contributed by atoms with Gasteiger partial charge >= 0.3 is 0 Å². The van der Waals surface area contributed by atoms with Crippen LogP contribution in [0, 0.1) is 0 Å². The van der Waals surface area contributed by atoms with Gasteiger partial charge in [0.25, 0.3) is 0 Å². The van der Waals surface area contributed by atoms with Crippen molar-refractivity contribution in [3.63, 3.8) is 0 Å². The molecular formula is C27H27N3O. The predicted molar refractivity (Wildman–Crippen MR) is 124 cm³/mol. The summed E-state index contributed by atoms with van der Waals surface area (Å²) in [5.74, 6) is 0.171. The van der Waals surface area contributed by atoms with Gasteiger partial charge in [0.2, 0.25) is 5.91 Å². The molecule has 0 saturated carbocycles. The van der Waals surface area contributed by atoms with Crippen molar-refractivity contribution in [3.05, 3.63) is 108 Å². The molecule has 0 atom stereocenters. The highest BCUT2D eigenvalue weighted by molar-refractivity contribution is 5.79. The lowest BCUT2D eigenvalue weighted by Crippen LogP contribution is -2.32. The zero-order valence-electron chi connectivity index (χ0n) is 17.7. The van der Waals surface area contributed by atoms with Crippen LogP contribution in [0.25, 0.3) is 10.9 Å². The molecule has 0 N–H and O–H groups in total. The van der Waals surface area contributed by atoms with Crippen LogP contribution in [0.2, 0.25) is 0 Å². The van der Waals surface area contributed by atoms with Crippen LogP contribution in [0.3, 0.4) is 0 Å². The minimum atomic E-state index is 0.171. The van der Waals surface area contributed by atoms with E-state index < -0.39 is 0 Å². The Morgan fingerprint density at radius 2 is 1.61 bits per heavy atom. The van der Waals surface area contributed by atoms with Crippen LogP contribution >= 0.6 is 0 Å². The molecule has 0 aliphatic carbocycles. The average molecular weight is 410 g/mol. The fourth-order valence-corrected chi connectivity index (χ4v) is 3.79. The van der Waals surface area contributed by atoms with Gasteiger partial charge in [-0.1, -0.05) is 54.6 Å². The van der Waals surface area contributed by atoms with Crippen molar-refractivity contribution in [2.45, 2.75) is 32.2 Å². The first-order chi connectivity index (χ1) is 15.3. The van der Waals surface area contributed by atoms with Crippen LogP contribution < -0.4 is 0 Å². The standard InChI is InChI=1S/C27H27N3O/c31-27(15-14-23-10-6-16-28-19-23)30(17-7-11-22-8-2-1-3-9-22)21-24-18-25-12-4-5-13-26(25)29-20-24/h1-6,8-10,12-13,16,18-20H,7,11,14-15,17,21H2. The number of aromatic nitrogens is 2. The second-order valence-corrected chi connectivity index (χ2v) is 7.80. The summed E-state index contributed by atoms with van der Waals surface area (Å²) in [5.41, 5.74) is 4.43. The van der Waals surface area contributed by atoms with Crippen LogP contribution in [0.15, 0.2) is 91.4 Å². The molecule has 4 heteroatoms. The minimum absolute atomic E-state index is 0.171. The smallest absolute Gasteiger partial charge is 0.223 e. The summed E-state index contributed by atoms with van der Waals surface area (Å²) in [6.45, 7) is 1.31. The van der Waals surface area contributed by atoms with Crippen molar-refractivity contribution in [3.8, 4) is 0 Å². The van der Waals surface area contributed by atoms with Crippen LogP contribution in [0.1, 0.15) is 29.5 Å². The zero-order valence-corrected chi connectivity index (χ0v) is 17.7. The Hall–Kier alpha value is -3.53. The number of nitrogens with zero attached hydrogens (tertiary/aromatic N) is 3. The number of benzene rings is 2. The van der Waals surface area contributed by atoms with Crippen LogP contribution in [0.5, 0.6) is 0 Å². The second kappa shape index (κ2) is 10.5. The van der Waals surface area contributed by atoms with E-state index in [1.165, 1.54) is 5.56 Å². The molecule has 0 radical (unpaired) electrons. The molecule has 0 aliphatic rings. The zero-order chi connectivity index (χ0) is 21.3. The Kier molecular flexibility index (Phi) is 7.01. The number of fused-ring (bicyclic) bond motifs is 1. The molecule has 0 unspecified atom stereocenters. The largest absolute Gasteiger partial charge is 0.338 e. The van der Waals surface area contributed by atoms with E-state index in [4.69, 9.17) is 0 Å². The van der Waals surface area contributed by atoms with Crippen LogP contribution in [-0.4, -0.2) is 27.3 Å². The third kappa shape index (κ3) is 5.98. The van der Waals surface area contributed by atoms with Crippen molar-refractivity contribution >= 4 is 16.8 Å². The van der Waals surface area contributed by atoms with Crippen LogP contribution in [-0.2, 0) is 24.2 Å². The van der Waals surface area contributed by atoms with Gasteiger partial charge in [0.15, 0.2) is 0 Å². The number of para-hydroxylation sites is 1. The van der Waals surface area contributed by atoms with Crippen molar-refractivity contribution in [1.82, 2.24) is 14.9 Å². The van der Waals surface area contributed by atoms with E-state index in [9.17, 15) is 4.79 Å². The molecule has 2 aromatic carbocycles. The topological polar surface area (TPSA) is 46.1 Å². The first kappa shape index (κ1) is 20.7. The van der Waals surface area contributed by atoms with Crippen molar-refractivity contribution in [1.29, 1.82) is 0 Å². The maximum atomic E-state index is 13.1. The molecule has 0 bridgehead atoms. The number of carbonyl (C=O) groups excluding carboxylic acids is 1. The Labute approximate surface area is 183 Å². The maximum absolute atomic E-state index is 13.1. The molecule has 0 saturated heterocycles. The van der Waals surface area contributed by atoms with Gasteiger partial charge in [-0.15, -0.1) is 0 Å². The Morgan fingerprint density at radius 3 is 2.45 bits per heavy atom. The van der Waals surface area contributed by atoms with E-state index >= 15 is 0 Å². The number of hydrogen-bond donors (Lipinski definition) is 0. The second-order valence-electron chi connectivity index (χ2n) is 7.80. The minimum Gasteiger partial charge on any atom is -0.338 e. The molecule has 4 rings (SSSR count). The van der Waals surface area contributed by atoms with E-state index in [0.717, 1.165) is 41.4 Å². The molecule has 0 aliphatic heterocycles. The molecular weight excluding hydrogens is 382 g/mol. The van der Waals surface area contributed by atoms with E-state index in [1.807, 2.05) is 53.7 Å². The third-order valence-electron chi connectivity index (χ3n) is 5.46. The molecule has 4 aromatic rings. The van der Waals surface area contributed by atoms with Gasteiger partial charge < -0.3 is 4.90 Å². The summed E-state index contributed by atoms with van der Waals surface area (Å²) in [4.78, 5) is 23.8. The molecule has 4 nitrogen and oxygen atoms in total. The lowest BCUT2D eigenvalue weighted by atomic mass is 10.1. The molecule has 0 spiro atoms. The van der Waals surface area contributed by atoms with Gasteiger partial charge in [-0.25, -0.2) is 0 Å². The normalized spacial score (nSPS) is 10.8. The molecule has 2 aromatic heterocycles. The predicted octanol–water partition coefficient (Wildman–Crippen LogP) is 5.22. The first-order valence-electron chi connectivity index (χ1n) is 10.8. The van der Waals surface area contributed by atoms with E-state index in [0.29, 0.717) is 19.4 Å². The van der Waals surface area contributed by atoms with E-state index in [1.54, 1.807) is 6.20 Å². The van der Waals surface area contributed by atoms with Crippen molar-refractivity contribution in [2.75, 3.05) is 6.54 Å². The first-order valence-corrected chi connectivity index (χ1v) is 10.8. The summed E-state index contributed by atoms with van der Waals surface area (Å²) < 4.78 is 0. The quantitative estimate of drug-likeness (QED) is 0.381. The highest BCUT2D eigenvalue weighted by Gasteiger charge is 2.15. The van der Waals surface area contributed by atoms with Gasteiger partial charge in [-0.05, 0) is 54.2 Å². The van der Waals surface area contributed by atoms with Gasteiger partial charge in [0, 0.05) is 43.5 Å². The maximum Gasteiger partial charge on any atom is 0.223 e. The van der Waals surface area contributed by atoms with E-state index in [-0.39, 0.29) is 5.91 Å². The number of carbonyl (C=O) groups is 1. The fourth-order valence-electron chi connectivity index (χ4n) is 3.79. The SMILES string of the molecule is O=C(CCc1cccnc1)N(CCCc1ccccc1)Cc1cnc2ccccc2c1. The third-order valence-corrected chi connectivity index (χ3v) is 5.46. The highest BCUT2D eigenvalue weighted by Crippen LogP contribution is 2.16. The van der Waals surface area contributed by atoms with Gasteiger partial charge in [-0.2, -0.15) is 0 Å². The number of amides is 1. The Bertz CT molecular complexity index is 1110.